The van der Waals surface area contributed by atoms with E-state index in [1.165, 1.54) is 5.56 Å². The van der Waals surface area contributed by atoms with E-state index in [0.29, 0.717) is 12.1 Å². The number of nitrogens with one attached hydrogen (secondary N) is 1. The summed E-state index contributed by atoms with van der Waals surface area (Å²) >= 11 is 0. The van der Waals surface area contributed by atoms with Crippen molar-refractivity contribution >= 4 is 0 Å². The zero-order valence-electron chi connectivity index (χ0n) is 12.5. The van der Waals surface area contributed by atoms with Crippen LogP contribution in [-0.2, 0) is 6.54 Å². The van der Waals surface area contributed by atoms with Crippen molar-refractivity contribution in [1.29, 1.82) is 5.26 Å². The van der Waals surface area contributed by atoms with Gasteiger partial charge in [0.25, 0.3) is 0 Å². The fraction of sp³-hybridized carbons (Fsp3) is 0.562. The van der Waals surface area contributed by atoms with Gasteiger partial charge in [-0.15, -0.1) is 0 Å². The fourth-order valence-corrected chi connectivity index (χ4v) is 2.25. The van der Waals surface area contributed by atoms with Gasteiger partial charge in [0.15, 0.2) is 0 Å². The van der Waals surface area contributed by atoms with Gasteiger partial charge in [-0.1, -0.05) is 12.1 Å². The van der Waals surface area contributed by atoms with E-state index in [4.69, 9.17) is 5.26 Å². The average molecular weight is 259 g/mol. The Morgan fingerprint density at radius 1 is 1.11 bits per heavy atom. The summed E-state index contributed by atoms with van der Waals surface area (Å²) in [7, 11) is 0. The predicted molar refractivity (Wildman–Crippen MR) is 79.8 cm³/mol. The van der Waals surface area contributed by atoms with E-state index in [1.54, 1.807) is 0 Å². The highest BCUT2D eigenvalue weighted by Crippen LogP contribution is 2.04. The summed E-state index contributed by atoms with van der Waals surface area (Å²) in [6.45, 7) is 11.8. The summed E-state index contributed by atoms with van der Waals surface area (Å²) in [6.07, 6.45) is 0. The number of rotatable bonds is 7. The Morgan fingerprint density at radius 3 is 2.16 bits per heavy atom. The Morgan fingerprint density at radius 2 is 1.68 bits per heavy atom. The molecule has 0 aromatic heterocycles. The molecule has 1 rings (SSSR count). The van der Waals surface area contributed by atoms with Gasteiger partial charge in [-0.25, -0.2) is 0 Å². The zero-order chi connectivity index (χ0) is 14.3. The molecule has 0 saturated carbocycles. The molecule has 0 amide bonds. The van der Waals surface area contributed by atoms with Crippen LogP contribution < -0.4 is 5.32 Å². The van der Waals surface area contributed by atoms with Crippen LogP contribution in [0.1, 0.15) is 38.8 Å². The van der Waals surface area contributed by atoms with Gasteiger partial charge in [-0.3, -0.25) is 4.90 Å². The average Bonchev–Trinajstić information content (AvgIpc) is 2.38. The highest BCUT2D eigenvalue weighted by atomic mass is 15.2. The van der Waals surface area contributed by atoms with Crippen LogP contribution in [0.3, 0.4) is 0 Å². The highest BCUT2D eigenvalue weighted by Gasteiger charge is 2.11. The molecule has 3 heteroatoms. The minimum absolute atomic E-state index is 0.580. The third-order valence-electron chi connectivity index (χ3n) is 3.29. The van der Waals surface area contributed by atoms with E-state index < -0.39 is 0 Å². The van der Waals surface area contributed by atoms with Gasteiger partial charge in [0.05, 0.1) is 11.6 Å². The van der Waals surface area contributed by atoms with Crippen molar-refractivity contribution < 1.29 is 0 Å². The normalized spacial score (nSPS) is 11.3. The fourth-order valence-electron chi connectivity index (χ4n) is 2.25. The number of hydrogen-bond acceptors (Lipinski definition) is 3. The maximum Gasteiger partial charge on any atom is 0.0991 e. The van der Waals surface area contributed by atoms with Crippen molar-refractivity contribution in [3.8, 4) is 6.07 Å². The smallest absolute Gasteiger partial charge is 0.0991 e. The summed E-state index contributed by atoms with van der Waals surface area (Å²) in [5, 5.41) is 12.2. The largest absolute Gasteiger partial charge is 0.311 e. The zero-order valence-corrected chi connectivity index (χ0v) is 12.5. The van der Waals surface area contributed by atoms with Crippen LogP contribution in [0.25, 0.3) is 0 Å². The first-order valence-electron chi connectivity index (χ1n) is 7.00. The monoisotopic (exact) mass is 259 g/mol. The molecule has 0 atom stereocenters. The van der Waals surface area contributed by atoms with Crippen molar-refractivity contribution in [2.75, 3.05) is 13.1 Å². The first-order valence-corrected chi connectivity index (χ1v) is 7.00. The van der Waals surface area contributed by atoms with Gasteiger partial charge in [-0.2, -0.15) is 5.26 Å². The summed E-state index contributed by atoms with van der Waals surface area (Å²) in [5.41, 5.74) is 1.94. The van der Waals surface area contributed by atoms with Crippen LogP contribution in [0, 0.1) is 11.3 Å². The Balaban J connectivity index is 2.32. The summed E-state index contributed by atoms with van der Waals surface area (Å²) in [4.78, 5) is 2.48. The molecular formula is C16H25N3. The molecule has 3 nitrogen and oxygen atoms in total. The lowest BCUT2D eigenvalue weighted by atomic mass is 10.1. The molecule has 1 N–H and O–H groups in total. The topological polar surface area (TPSA) is 39.1 Å². The molecule has 0 unspecified atom stereocenters. The summed E-state index contributed by atoms with van der Waals surface area (Å²) in [6, 6.07) is 11.0. The lowest BCUT2D eigenvalue weighted by Crippen LogP contribution is -2.41. The third-order valence-corrected chi connectivity index (χ3v) is 3.29. The van der Waals surface area contributed by atoms with Gasteiger partial charge in [0, 0.05) is 31.7 Å². The standard InChI is InChI=1S/C16H25N3/c1-13(2)19(14(3)4)10-9-18-12-16-7-5-15(11-17)6-8-16/h5-8,13-14,18H,9-10,12H2,1-4H3. The highest BCUT2D eigenvalue weighted by molar-refractivity contribution is 5.31. The van der Waals surface area contributed by atoms with E-state index in [9.17, 15) is 0 Å². The van der Waals surface area contributed by atoms with Crippen molar-refractivity contribution in [2.24, 2.45) is 0 Å². The molecule has 1 aromatic carbocycles. The Labute approximate surface area is 117 Å². The van der Waals surface area contributed by atoms with Crippen LogP contribution in [0.5, 0.6) is 0 Å². The van der Waals surface area contributed by atoms with Gasteiger partial charge in [0.1, 0.15) is 0 Å². The van der Waals surface area contributed by atoms with Gasteiger partial charge >= 0.3 is 0 Å². The molecule has 0 spiro atoms. The lowest BCUT2D eigenvalue weighted by Gasteiger charge is -2.30. The van der Waals surface area contributed by atoms with Crippen molar-refractivity contribution in [3.63, 3.8) is 0 Å². The molecule has 104 valence electrons. The Kier molecular flexibility index (Phi) is 6.55. The summed E-state index contributed by atoms with van der Waals surface area (Å²) in [5.74, 6) is 0. The second kappa shape index (κ2) is 7.93. The molecule has 0 aliphatic rings. The van der Waals surface area contributed by atoms with Crippen LogP contribution in [0.4, 0.5) is 0 Å². The van der Waals surface area contributed by atoms with E-state index in [2.05, 4.69) is 44.0 Å². The second-order valence-corrected chi connectivity index (χ2v) is 5.41. The molecule has 0 radical (unpaired) electrons. The van der Waals surface area contributed by atoms with Crippen molar-refractivity contribution in [3.05, 3.63) is 35.4 Å². The molecule has 0 heterocycles. The van der Waals surface area contributed by atoms with Crippen LogP contribution in [-0.4, -0.2) is 30.1 Å². The van der Waals surface area contributed by atoms with Gasteiger partial charge < -0.3 is 5.32 Å². The second-order valence-electron chi connectivity index (χ2n) is 5.41. The molecule has 0 fully saturated rings. The molecule has 0 bridgehead atoms. The van der Waals surface area contributed by atoms with E-state index >= 15 is 0 Å². The lowest BCUT2D eigenvalue weighted by molar-refractivity contribution is 0.176. The maximum absolute atomic E-state index is 8.74. The molecule has 0 saturated heterocycles. The molecule has 0 aliphatic heterocycles. The van der Waals surface area contributed by atoms with E-state index in [1.807, 2.05) is 24.3 Å². The Hall–Kier alpha value is -1.37. The number of nitriles is 1. The van der Waals surface area contributed by atoms with Crippen molar-refractivity contribution in [2.45, 2.75) is 46.3 Å². The van der Waals surface area contributed by atoms with Gasteiger partial charge in [-0.05, 0) is 45.4 Å². The van der Waals surface area contributed by atoms with Crippen LogP contribution in [0.15, 0.2) is 24.3 Å². The minimum Gasteiger partial charge on any atom is -0.311 e. The number of benzene rings is 1. The number of hydrogen-bond donors (Lipinski definition) is 1. The van der Waals surface area contributed by atoms with Crippen LogP contribution >= 0.6 is 0 Å². The predicted octanol–water partition coefficient (Wildman–Crippen LogP) is 2.77. The SMILES string of the molecule is CC(C)N(CCNCc1ccc(C#N)cc1)C(C)C. The third kappa shape index (κ3) is 5.42. The first-order chi connectivity index (χ1) is 9.04. The summed E-state index contributed by atoms with van der Waals surface area (Å²) < 4.78 is 0. The van der Waals surface area contributed by atoms with E-state index in [-0.39, 0.29) is 0 Å². The van der Waals surface area contributed by atoms with Crippen molar-refractivity contribution in [1.82, 2.24) is 10.2 Å². The van der Waals surface area contributed by atoms with Crippen LogP contribution in [0.2, 0.25) is 0 Å². The maximum atomic E-state index is 8.74. The Bertz CT molecular complexity index is 393. The molecular weight excluding hydrogens is 234 g/mol. The molecule has 19 heavy (non-hydrogen) atoms. The molecule has 0 aliphatic carbocycles. The minimum atomic E-state index is 0.580. The van der Waals surface area contributed by atoms with Gasteiger partial charge in [0.2, 0.25) is 0 Å². The first kappa shape index (κ1) is 15.7. The molecule has 1 aromatic rings. The number of nitrogens with zero attached hydrogens (tertiary/aromatic N) is 2. The quantitative estimate of drug-likeness (QED) is 0.765. The van der Waals surface area contributed by atoms with E-state index in [0.717, 1.165) is 25.2 Å².